The largest absolute Gasteiger partial charge is 0.469 e. The molecule has 106 valence electrons. The molecular formula is C9H16O8S. The minimum absolute atomic E-state index is 0.464. The van der Waals surface area contributed by atoms with Crippen LogP contribution in [0.4, 0.5) is 0 Å². The standard InChI is InChI=1S/C9H16O8S/c1-8(12)6(7(11)18(14)15)17-4-9(8,13)3-5(10)16-2/h6-7,11-13H,3-4H2,1-2H3,(H,14,15)/t6-,7?,8-,9-/m1/s1. The Morgan fingerprint density at radius 3 is 2.61 bits per heavy atom. The molecule has 5 atom stereocenters. The van der Waals surface area contributed by atoms with Gasteiger partial charge in [0.1, 0.15) is 17.3 Å². The van der Waals surface area contributed by atoms with Gasteiger partial charge in [-0.3, -0.25) is 4.79 Å². The van der Waals surface area contributed by atoms with Crippen molar-refractivity contribution in [2.75, 3.05) is 13.7 Å². The average Bonchev–Trinajstić information content (AvgIpc) is 2.49. The van der Waals surface area contributed by atoms with Gasteiger partial charge in [-0.2, -0.15) is 0 Å². The molecule has 0 bridgehead atoms. The maximum absolute atomic E-state index is 11.2. The molecule has 0 aliphatic carbocycles. The summed E-state index contributed by atoms with van der Waals surface area (Å²) in [5.74, 6) is -0.776. The Balaban J connectivity index is 2.93. The van der Waals surface area contributed by atoms with Crippen LogP contribution in [0, 0.1) is 0 Å². The summed E-state index contributed by atoms with van der Waals surface area (Å²) in [7, 11) is 1.12. The summed E-state index contributed by atoms with van der Waals surface area (Å²) in [5.41, 5.74) is -5.96. The number of aliphatic hydroxyl groups is 3. The highest BCUT2D eigenvalue weighted by Crippen LogP contribution is 2.39. The highest BCUT2D eigenvalue weighted by molar-refractivity contribution is 7.79. The van der Waals surface area contributed by atoms with Gasteiger partial charge < -0.3 is 29.3 Å². The molecule has 1 heterocycles. The second-order valence-electron chi connectivity index (χ2n) is 4.33. The van der Waals surface area contributed by atoms with Crippen molar-refractivity contribution in [3.05, 3.63) is 0 Å². The third-order valence-electron chi connectivity index (χ3n) is 3.13. The van der Waals surface area contributed by atoms with Gasteiger partial charge in [0.25, 0.3) is 0 Å². The monoisotopic (exact) mass is 284 g/mol. The lowest BCUT2D eigenvalue weighted by Gasteiger charge is -2.36. The summed E-state index contributed by atoms with van der Waals surface area (Å²) in [4.78, 5) is 11.2. The minimum Gasteiger partial charge on any atom is -0.469 e. The van der Waals surface area contributed by atoms with Gasteiger partial charge in [0.15, 0.2) is 16.5 Å². The average molecular weight is 284 g/mol. The molecule has 18 heavy (non-hydrogen) atoms. The summed E-state index contributed by atoms with van der Waals surface area (Å²) in [5, 5.41) is 29.7. The van der Waals surface area contributed by atoms with E-state index in [9.17, 15) is 24.3 Å². The van der Waals surface area contributed by atoms with Crippen LogP contribution in [0.2, 0.25) is 0 Å². The summed E-state index contributed by atoms with van der Waals surface area (Å²) in [6.45, 7) is 0.651. The van der Waals surface area contributed by atoms with Crippen molar-refractivity contribution in [2.24, 2.45) is 0 Å². The normalized spacial score (nSPS) is 39.3. The molecule has 4 N–H and O–H groups in total. The van der Waals surface area contributed by atoms with Crippen LogP contribution in [0.25, 0.3) is 0 Å². The molecule has 0 amide bonds. The smallest absolute Gasteiger partial charge is 0.308 e. The van der Waals surface area contributed by atoms with Crippen molar-refractivity contribution in [1.82, 2.24) is 0 Å². The first-order valence-corrected chi connectivity index (χ1v) is 6.23. The van der Waals surface area contributed by atoms with E-state index in [1.165, 1.54) is 0 Å². The van der Waals surface area contributed by atoms with Gasteiger partial charge in [-0.25, -0.2) is 4.21 Å². The van der Waals surface area contributed by atoms with E-state index in [0.717, 1.165) is 14.0 Å². The molecule has 1 fully saturated rings. The third-order valence-corrected chi connectivity index (χ3v) is 3.79. The predicted molar refractivity (Wildman–Crippen MR) is 58.7 cm³/mol. The Morgan fingerprint density at radius 2 is 2.17 bits per heavy atom. The molecule has 0 aromatic heterocycles. The molecule has 0 spiro atoms. The number of hydrogen-bond acceptors (Lipinski definition) is 7. The predicted octanol–water partition coefficient (Wildman–Crippen LogP) is -2.03. The van der Waals surface area contributed by atoms with Crippen LogP contribution in [0.1, 0.15) is 13.3 Å². The van der Waals surface area contributed by atoms with Crippen LogP contribution >= 0.6 is 0 Å². The number of aliphatic hydroxyl groups excluding tert-OH is 1. The first-order valence-electron chi connectivity index (χ1n) is 5.06. The van der Waals surface area contributed by atoms with Crippen LogP contribution in [-0.4, -0.2) is 66.5 Å². The maximum Gasteiger partial charge on any atom is 0.308 e. The molecule has 0 aromatic rings. The molecular weight excluding hydrogens is 268 g/mol. The lowest BCUT2D eigenvalue weighted by atomic mass is 9.81. The van der Waals surface area contributed by atoms with Crippen molar-refractivity contribution >= 4 is 17.0 Å². The second kappa shape index (κ2) is 5.19. The second-order valence-corrected chi connectivity index (χ2v) is 5.37. The molecule has 8 nitrogen and oxygen atoms in total. The summed E-state index contributed by atoms with van der Waals surface area (Å²) < 4.78 is 28.8. The van der Waals surface area contributed by atoms with E-state index in [-0.39, 0.29) is 0 Å². The third kappa shape index (κ3) is 2.56. The Labute approximate surface area is 106 Å². The van der Waals surface area contributed by atoms with Crippen LogP contribution in [0.5, 0.6) is 0 Å². The highest BCUT2D eigenvalue weighted by Gasteiger charge is 2.61. The lowest BCUT2D eigenvalue weighted by Crippen LogP contribution is -2.58. The summed E-state index contributed by atoms with van der Waals surface area (Å²) in [6.07, 6.45) is -2.05. The van der Waals surface area contributed by atoms with Crippen molar-refractivity contribution in [2.45, 2.75) is 36.1 Å². The topological polar surface area (TPSA) is 134 Å². The van der Waals surface area contributed by atoms with E-state index in [2.05, 4.69) is 4.74 Å². The number of carbonyl (C=O) groups excluding carboxylic acids is 1. The Bertz CT molecular complexity index is 356. The van der Waals surface area contributed by atoms with E-state index < -0.39 is 52.8 Å². The van der Waals surface area contributed by atoms with Crippen molar-refractivity contribution in [1.29, 1.82) is 0 Å². The minimum atomic E-state index is -2.65. The first kappa shape index (κ1) is 15.5. The summed E-state index contributed by atoms with van der Waals surface area (Å²) in [6, 6.07) is 0. The Hall–Kier alpha value is -0.580. The molecule has 1 rings (SSSR count). The number of ether oxygens (including phenoxy) is 2. The van der Waals surface area contributed by atoms with E-state index in [1.54, 1.807) is 0 Å². The zero-order valence-corrected chi connectivity index (χ0v) is 10.7. The summed E-state index contributed by atoms with van der Waals surface area (Å²) >= 11 is -2.65. The van der Waals surface area contributed by atoms with Gasteiger partial charge in [-0.1, -0.05) is 0 Å². The Kier molecular flexibility index (Phi) is 4.47. The van der Waals surface area contributed by atoms with Gasteiger partial charge in [-0.15, -0.1) is 0 Å². The molecule has 9 heteroatoms. The zero-order valence-electron chi connectivity index (χ0n) is 9.90. The van der Waals surface area contributed by atoms with Crippen LogP contribution in [0.3, 0.4) is 0 Å². The molecule has 2 unspecified atom stereocenters. The van der Waals surface area contributed by atoms with Gasteiger partial charge in [-0.05, 0) is 6.92 Å². The first-order chi connectivity index (χ1) is 8.15. The van der Waals surface area contributed by atoms with Crippen LogP contribution < -0.4 is 0 Å². The van der Waals surface area contributed by atoms with Gasteiger partial charge >= 0.3 is 5.97 Å². The van der Waals surface area contributed by atoms with Gasteiger partial charge in [0.05, 0.1) is 20.1 Å². The maximum atomic E-state index is 11.2. The van der Waals surface area contributed by atoms with E-state index in [1.807, 2.05) is 0 Å². The molecule has 1 saturated heterocycles. The lowest BCUT2D eigenvalue weighted by molar-refractivity contribution is -0.163. The number of esters is 1. The van der Waals surface area contributed by atoms with E-state index >= 15 is 0 Å². The number of methoxy groups -OCH3 is 1. The number of carbonyl (C=O) groups is 1. The molecule has 0 radical (unpaired) electrons. The van der Waals surface area contributed by atoms with Crippen LogP contribution in [-0.2, 0) is 25.3 Å². The number of hydrogen-bond donors (Lipinski definition) is 4. The molecule has 1 aliphatic rings. The SMILES string of the molecule is COC(=O)C[C@@]1(O)CO[C@H](C(O)S(=O)O)[C@@]1(C)O. The quantitative estimate of drug-likeness (QED) is 0.343. The van der Waals surface area contributed by atoms with Gasteiger partial charge in [0.2, 0.25) is 0 Å². The van der Waals surface area contributed by atoms with Crippen molar-refractivity contribution < 1.29 is 38.3 Å². The fraction of sp³-hybridized carbons (Fsp3) is 0.889. The van der Waals surface area contributed by atoms with Crippen molar-refractivity contribution in [3.63, 3.8) is 0 Å². The molecule has 0 saturated carbocycles. The Morgan fingerprint density at radius 1 is 1.61 bits per heavy atom. The van der Waals surface area contributed by atoms with E-state index in [0.29, 0.717) is 0 Å². The van der Waals surface area contributed by atoms with Gasteiger partial charge in [0, 0.05) is 0 Å². The number of rotatable bonds is 4. The molecule has 1 aliphatic heterocycles. The highest BCUT2D eigenvalue weighted by atomic mass is 32.2. The fourth-order valence-corrected chi connectivity index (χ4v) is 2.36. The van der Waals surface area contributed by atoms with Crippen LogP contribution in [0.15, 0.2) is 0 Å². The zero-order chi connectivity index (χ0) is 14.1. The van der Waals surface area contributed by atoms with E-state index in [4.69, 9.17) is 9.29 Å². The molecule has 0 aromatic carbocycles. The van der Waals surface area contributed by atoms with Crippen molar-refractivity contribution in [3.8, 4) is 0 Å². The fourth-order valence-electron chi connectivity index (χ4n) is 1.81.